The summed E-state index contributed by atoms with van der Waals surface area (Å²) in [5.41, 5.74) is 4.69. The second-order valence-corrected chi connectivity index (χ2v) is 9.29. The topological polar surface area (TPSA) is 45.5 Å². The lowest BCUT2D eigenvalue weighted by atomic mass is 9.94. The van der Waals surface area contributed by atoms with E-state index >= 15 is 0 Å². The van der Waals surface area contributed by atoms with E-state index in [-0.39, 0.29) is 5.91 Å². The zero-order valence-electron chi connectivity index (χ0n) is 15.8. The minimum Gasteiger partial charge on any atom is -0.464 e. The molecule has 2 aromatic carbocycles. The van der Waals surface area contributed by atoms with Crippen LogP contribution in [-0.2, 0) is 0 Å². The second-order valence-electron chi connectivity index (χ2n) is 7.64. The van der Waals surface area contributed by atoms with Crippen LogP contribution in [0.5, 0.6) is 0 Å². The monoisotopic (exact) mass is 514 g/mol. The van der Waals surface area contributed by atoms with Gasteiger partial charge in [-0.3, -0.25) is 9.69 Å². The number of benzene rings is 2. The van der Waals surface area contributed by atoms with Crippen LogP contribution in [0, 0.1) is 0 Å². The van der Waals surface area contributed by atoms with Gasteiger partial charge in [-0.25, -0.2) is 0 Å². The van der Waals surface area contributed by atoms with Crippen molar-refractivity contribution in [1.29, 1.82) is 0 Å². The summed E-state index contributed by atoms with van der Waals surface area (Å²) in [6.07, 6.45) is 7.82. The zero-order chi connectivity index (χ0) is 20.0. The standard InChI is InChI=1S/C23H20Br2N2O2/c24-20-5-1-4-17(22(20)25)23(28)26-15-6-7-21-18(12-15)19(13-29-21)14-8-10-27-9-2-3-16(27)11-14/h1,4-8,12-13,16H,2-3,9-11H2,(H,26,28). The van der Waals surface area contributed by atoms with Crippen molar-refractivity contribution in [2.24, 2.45) is 0 Å². The van der Waals surface area contributed by atoms with Gasteiger partial charge in [-0.05, 0) is 93.6 Å². The minimum absolute atomic E-state index is 0.152. The molecule has 0 bridgehead atoms. The first-order chi connectivity index (χ1) is 14.1. The maximum Gasteiger partial charge on any atom is 0.256 e. The fourth-order valence-electron chi connectivity index (χ4n) is 4.38. The lowest BCUT2D eigenvalue weighted by Crippen LogP contribution is -2.32. The molecule has 2 aliphatic heterocycles. The third-order valence-corrected chi connectivity index (χ3v) is 7.95. The molecule has 0 spiro atoms. The normalized spacial score (nSPS) is 19.2. The molecule has 3 aromatic rings. The molecule has 5 rings (SSSR count). The first-order valence-electron chi connectivity index (χ1n) is 9.80. The van der Waals surface area contributed by atoms with Crippen molar-refractivity contribution < 1.29 is 9.21 Å². The molecule has 29 heavy (non-hydrogen) atoms. The molecular weight excluding hydrogens is 496 g/mol. The Morgan fingerprint density at radius 2 is 2.10 bits per heavy atom. The molecule has 1 aromatic heterocycles. The number of rotatable bonds is 3. The molecule has 1 saturated heterocycles. The van der Waals surface area contributed by atoms with Gasteiger partial charge >= 0.3 is 0 Å². The van der Waals surface area contributed by atoms with Gasteiger partial charge < -0.3 is 9.73 Å². The fourth-order valence-corrected chi connectivity index (χ4v) is 5.19. The predicted octanol–water partition coefficient (Wildman–Crippen LogP) is 6.46. The molecule has 1 unspecified atom stereocenters. The van der Waals surface area contributed by atoms with Crippen LogP contribution in [0.4, 0.5) is 5.69 Å². The van der Waals surface area contributed by atoms with Crippen LogP contribution in [0.15, 0.2) is 62.1 Å². The Bertz CT molecular complexity index is 1140. The maximum absolute atomic E-state index is 12.8. The Balaban J connectivity index is 1.44. The van der Waals surface area contributed by atoms with E-state index in [0.717, 1.165) is 44.1 Å². The number of furan rings is 1. The average Bonchev–Trinajstić information content (AvgIpc) is 3.35. The molecule has 1 atom stereocenters. The molecule has 1 fully saturated rings. The summed E-state index contributed by atoms with van der Waals surface area (Å²) in [7, 11) is 0. The molecule has 148 valence electrons. The Morgan fingerprint density at radius 1 is 1.21 bits per heavy atom. The van der Waals surface area contributed by atoms with Gasteiger partial charge in [0.1, 0.15) is 5.58 Å². The van der Waals surface area contributed by atoms with Gasteiger partial charge in [0.25, 0.3) is 5.91 Å². The third-order valence-electron chi connectivity index (χ3n) is 5.90. The van der Waals surface area contributed by atoms with Crippen molar-refractivity contribution in [1.82, 2.24) is 4.90 Å². The Kier molecular flexibility index (Phi) is 5.10. The van der Waals surface area contributed by atoms with Gasteiger partial charge in [0.15, 0.2) is 0 Å². The highest BCUT2D eigenvalue weighted by atomic mass is 79.9. The van der Waals surface area contributed by atoms with Crippen molar-refractivity contribution in [3.05, 3.63) is 68.8 Å². The molecule has 6 heteroatoms. The number of hydrogen-bond acceptors (Lipinski definition) is 3. The molecule has 0 aliphatic carbocycles. The molecule has 1 N–H and O–H groups in total. The maximum atomic E-state index is 12.8. The number of halogens is 2. The van der Waals surface area contributed by atoms with Crippen molar-refractivity contribution in [2.45, 2.75) is 25.3 Å². The second kappa shape index (κ2) is 7.74. The van der Waals surface area contributed by atoms with E-state index in [1.54, 1.807) is 6.07 Å². The van der Waals surface area contributed by atoms with E-state index in [1.807, 2.05) is 36.6 Å². The Hall–Kier alpha value is -1.89. The molecule has 3 heterocycles. The van der Waals surface area contributed by atoms with Crippen molar-refractivity contribution in [3.63, 3.8) is 0 Å². The first-order valence-corrected chi connectivity index (χ1v) is 11.4. The number of amides is 1. The summed E-state index contributed by atoms with van der Waals surface area (Å²) in [6, 6.07) is 12.0. The van der Waals surface area contributed by atoms with Crippen LogP contribution in [0.1, 0.15) is 35.2 Å². The number of carbonyl (C=O) groups is 1. The molecule has 1 amide bonds. The summed E-state index contributed by atoms with van der Waals surface area (Å²) in [6.45, 7) is 2.22. The number of carbonyl (C=O) groups excluding carboxylic acids is 1. The highest BCUT2D eigenvalue weighted by Gasteiger charge is 2.29. The van der Waals surface area contributed by atoms with Gasteiger partial charge in [0.05, 0.1) is 11.8 Å². The van der Waals surface area contributed by atoms with Crippen molar-refractivity contribution >= 4 is 60.0 Å². The van der Waals surface area contributed by atoms with Crippen LogP contribution >= 0.6 is 31.9 Å². The Labute approximate surface area is 186 Å². The number of nitrogens with one attached hydrogen (secondary N) is 1. The van der Waals surface area contributed by atoms with Crippen LogP contribution in [0.25, 0.3) is 16.5 Å². The molecule has 4 nitrogen and oxygen atoms in total. The molecular formula is C23H20Br2N2O2. The van der Waals surface area contributed by atoms with Crippen molar-refractivity contribution in [3.8, 4) is 0 Å². The van der Waals surface area contributed by atoms with E-state index in [9.17, 15) is 4.79 Å². The van der Waals surface area contributed by atoms with E-state index in [4.69, 9.17) is 4.42 Å². The van der Waals surface area contributed by atoms with Gasteiger partial charge in [0, 0.05) is 38.2 Å². The van der Waals surface area contributed by atoms with Gasteiger partial charge in [-0.1, -0.05) is 12.1 Å². The third kappa shape index (κ3) is 3.58. The predicted molar refractivity (Wildman–Crippen MR) is 123 cm³/mol. The lowest BCUT2D eigenvalue weighted by molar-refractivity contribution is 0.102. The fraction of sp³-hybridized carbons (Fsp3) is 0.261. The number of fused-ring (bicyclic) bond motifs is 2. The van der Waals surface area contributed by atoms with Crippen LogP contribution < -0.4 is 5.32 Å². The summed E-state index contributed by atoms with van der Waals surface area (Å²) in [4.78, 5) is 15.3. The van der Waals surface area contributed by atoms with E-state index in [2.05, 4.69) is 48.2 Å². The highest BCUT2D eigenvalue weighted by molar-refractivity contribution is 9.13. The van der Waals surface area contributed by atoms with E-state index in [0.29, 0.717) is 11.6 Å². The minimum atomic E-state index is -0.152. The number of anilines is 1. The van der Waals surface area contributed by atoms with Gasteiger partial charge in [-0.15, -0.1) is 0 Å². The van der Waals surface area contributed by atoms with Gasteiger partial charge in [0.2, 0.25) is 0 Å². The SMILES string of the molecule is O=C(Nc1ccc2occ(C3=CCN4CCCC4C3)c2c1)c1cccc(Br)c1Br. The summed E-state index contributed by atoms with van der Waals surface area (Å²) in [5.74, 6) is -0.152. The molecule has 0 saturated carbocycles. The smallest absolute Gasteiger partial charge is 0.256 e. The lowest BCUT2D eigenvalue weighted by Gasteiger charge is -2.28. The van der Waals surface area contributed by atoms with E-state index in [1.165, 1.54) is 25.0 Å². The average molecular weight is 516 g/mol. The van der Waals surface area contributed by atoms with Crippen LogP contribution in [0.2, 0.25) is 0 Å². The molecule has 2 aliphatic rings. The summed E-state index contributed by atoms with van der Waals surface area (Å²) in [5, 5.41) is 4.07. The summed E-state index contributed by atoms with van der Waals surface area (Å²) < 4.78 is 7.41. The quantitative estimate of drug-likeness (QED) is 0.435. The van der Waals surface area contributed by atoms with E-state index < -0.39 is 0 Å². The number of hydrogen-bond donors (Lipinski definition) is 1. The zero-order valence-corrected chi connectivity index (χ0v) is 18.9. The van der Waals surface area contributed by atoms with Gasteiger partial charge in [-0.2, -0.15) is 0 Å². The van der Waals surface area contributed by atoms with Crippen LogP contribution in [0.3, 0.4) is 0 Å². The van der Waals surface area contributed by atoms with Crippen molar-refractivity contribution in [2.75, 3.05) is 18.4 Å². The highest BCUT2D eigenvalue weighted by Crippen LogP contribution is 2.37. The number of nitrogens with zero attached hydrogens (tertiary/aromatic N) is 1. The summed E-state index contributed by atoms with van der Waals surface area (Å²) >= 11 is 6.93. The largest absolute Gasteiger partial charge is 0.464 e. The first kappa shape index (κ1) is 19.1. The Morgan fingerprint density at radius 3 is 3.00 bits per heavy atom. The molecule has 0 radical (unpaired) electrons. The van der Waals surface area contributed by atoms with Crippen LogP contribution in [-0.4, -0.2) is 29.9 Å².